The van der Waals surface area contributed by atoms with Crippen LogP contribution in [0.4, 0.5) is 0 Å². The fraction of sp³-hybridized carbons (Fsp3) is 0.667. The van der Waals surface area contributed by atoms with Crippen molar-refractivity contribution in [3.63, 3.8) is 0 Å². The van der Waals surface area contributed by atoms with Crippen LogP contribution >= 0.6 is 11.6 Å². The number of ether oxygens (including phenoxy) is 2. The molecule has 0 fully saturated rings. The van der Waals surface area contributed by atoms with Crippen molar-refractivity contribution < 1.29 is 23.9 Å². The lowest BCUT2D eigenvalue weighted by atomic mass is 10.4. The molecule has 0 heterocycles. The zero-order valence-corrected chi connectivity index (χ0v) is 9.87. The summed E-state index contributed by atoms with van der Waals surface area (Å²) in [6, 6.07) is 0. The Morgan fingerprint density at radius 3 is 2.50 bits per heavy atom. The fourth-order valence-corrected chi connectivity index (χ4v) is 0.859. The van der Waals surface area contributed by atoms with E-state index >= 15 is 0 Å². The van der Waals surface area contributed by atoms with Crippen LogP contribution in [-0.2, 0) is 23.9 Å². The Bertz CT molecular complexity index is 269. The van der Waals surface area contributed by atoms with Crippen molar-refractivity contribution in [2.75, 3.05) is 19.0 Å². The number of carbonyl (C=O) groups excluding carboxylic acids is 3. The molecule has 0 aromatic carbocycles. The first-order chi connectivity index (χ1) is 7.51. The number of hydrogen-bond acceptors (Lipinski definition) is 5. The summed E-state index contributed by atoms with van der Waals surface area (Å²) in [5.41, 5.74) is 0. The van der Waals surface area contributed by atoms with Crippen LogP contribution in [0.3, 0.4) is 0 Å². The van der Waals surface area contributed by atoms with Gasteiger partial charge >= 0.3 is 11.9 Å². The molecule has 0 spiro atoms. The highest BCUT2D eigenvalue weighted by molar-refractivity contribution is 6.27. The number of alkyl halides is 1. The lowest BCUT2D eigenvalue weighted by Crippen LogP contribution is -2.35. The van der Waals surface area contributed by atoms with Gasteiger partial charge in [0.1, 0.15) is 12.4 Å². The zero-order chi connectivity index (χ0) is 12.6. The first kappa shape index (κ1) is 14.7. The third-order valence-electron chi connectivity index (χ3n) is 1.48. The molecular formula is C9H14ClNO5. The summed E-state index contributed by atoms with van der Waals surface area (Å²) >= 11 is 5.19. The molecule has 0 rings (SSSR count). The molecule has 1 amide bonds. The Hall–Kier alpha value is -1.30. The molecule has 0 unspecified atom stereocenters. The zero-order valence-electron chi connectivity index (χ0n) is 9.12. The van der Waals surface area contributed by atoms with Gasteiger partial charge < -0.3 is 14.8 Å². The lowest BCUT2D eigenvalue weighted by Gasteiger charge is -2.11. The number of rotatable bonds is 6. The van der Waals surface area contributed by atoms with Gasteiger partial charge in [-0.2, -0.15) is 0 Å². The first-order valence-corrected chi connectivity index (χ1v) is 5.23. The normalized spacial score (nSPS) is 11.4. The van der Waals surface area contributed by atoms with Gasteiger partial charge in [0.05, 0.1) is 6.61 Å². The van der Waals surface area contributed by atoms with Crippen molar-refractivity contribution >= 4 is 29.4 Å². The number of halogens is 1. The molecule has 0 aliphatic rings. The quantitative estimate of drug-likeness (QED) is 0.524. The largest absolute Gasteiger partial charge is 0.463 e. The smallest absolute Gasteiger partial charge is 0.347 e. The maximum atomic E-state index is 11.1. The van der Waals surface area contributed by atoms with Gasteiger partial charge in [-0.1, -0.05) is 0 Å². The molecule has 0 aliphatic carbocycles. The molecule has 7 heteroatoms. The summed E-state index contributed by atoms with van der Waals surface area (Å²) in [4.78, 5) is 32.9. The van der Waals surface area contributed by atoms with Crippen molar-refractivity contribution in [2.45, 2.75) is 20.0 Å². The van der Waals surface area contributed by atoms with Crippen LogP contribution in [-0.4, -0.2) is 43.0 Å². The molecule has 0 saturated carbocycles. The van der Waals surface area contributed by atoms with Crippen molar-refractivity contribution in [3.05, 3.63) is 0 Å². The van der Waals surface area contributed by atoms with Gasteiger partial charge in [0, 0.05) is 0 Å². The number of esters is 2. The van der Waals surface area contributed by atoms with Gasteiger partial charge in [-0.15, -0.1) is 11.6 Å². The number of nitrogens with one attached hydrogen (secondary N) is 1. The molecule has 0 aromatic rings. The maximum Gasteiger partial charge on any atom is 0.347 e. The van der Waals surface area contributed by atoms with Crippen molar-refractivity contribution in [1.29, 1.82) is 0 Å². The van der Waals surface area contributed by atoms with Crippen LogP contribution in [0.1, 0.15) is 13.8 Å². The molecule has 1 atom stereocenters. The van der Waals surface area contributed by atoms with Crippen LogP contribution < -0.4 is 5.32 Å². The van der Waals surface area contributed by atoms with Crippen LogP contribution in [0, 0.1) is 0 Å². The third kappa shape index (κ3) is 6.23. The molecule has 0 aromatic heterocycles. The maximum absolute atomic E-state index is 11.1. The summed E-state index contributed by atoms with van der Waals surface area (Å²) in [7, 11) is 0. The van der Waals surface area contributed by atoms with Crippen molar-refractivity contribution in [1.82, 2.24) is 5.32 Å². The van der Waals surface area contributed by atoms with Crippen molar-refractivity contribution in [2.24, 2.45) is 0 Å². The summed E-state index contributed by atoms with van der Waals surface area (Å²) < 4.78 is 9.32. The Labute approximate surface area is 98.2 Å². The molecule has 6 nitrogen and oxygen atoms in total. The van der Waals surface area contributed by atoms with E-state index in [0.29, 0.717) is 0 Å². The van der Waals surface area contributed by atoms with Crippen molar-refractivity contribution in [3.8, 4) is 0 Å². The molecular weight excluding hydrogens is 238 g/mol. The minimum Gasteiger partial charge on any atom is -0.463 e. The van der Waals surface area contributed by atoms with Crippen LogP contribution in [0.2, 0.25) is 0 Å². The summed E-state index contributed by atoms with van der Waals surface area (Å²) in [5, 5.41) is 2.21. The van der Waals surface area contributed by atoms with E-state index in [0.717, 1.165) is 0 Å². The van der Waals surface area contributed by atoms with E-state index in [4.69, 9.17) is 11.6 Å². The predicted molar refractivity (Wildman–Crippen MR) is 55.9 cm³/mol. The van der Waals surface area contributed by atoms with Gasteiger partial charge in [0.2, 0.25) is 5.91 Å². The van der Waals surface area contributed by atoms with Gasteiger partial charge in [-0.05, 0) is 13.8 Å². The molecule has 92 valence electrons. The topological polar surface area (TPSA) is 81.7 Å². The highest BCUT2D eigenvalue weighted by Gasteiger charge is 2.18. The fourth-order valence-electron chi connectivity index (χ4n) is 0.765. The monoisotopic (exact) mass is 251 g/mol. The molecule has 1 N–H and O–H groups in total. The number of amides is 1. The van der Waals surface area contributed by atoms with Gasteiger partial charge in [0.25, 0.3) is 0 Å². The third-order valence-corrected chi connectivity index (χ3v) is 1.72. The minimum atomic E-state index is -0.986. The second kappa shape index (κ2) is 7.92. The predicted octanol–water partition coefficient (Wildman–Crippen LogP) is -0.164. The standard InChI is InChI=1S/C9H14ClNO5/c1-3-15-9(14)6(2)16-8(13)5-11-7(12)4-10/h6H,3-5H2,1-2H3,(H,11,12)/t6-/m0/s1. The molecule has 0 aliphatic heterocycles. The van der Waals surface area contributed by atoms with E-state index in [1.54, 1.807) is 6.92 Å². The number of hydrogen-bond donors (Lipinski definition) is 1. The Morgan fingerprint density at radius 1 is 1.38 bits per heavy atom. The van der Waals surface area contributed by atoms with E-state index in [1.807, 2.05) is 0 Å². The van der Waals surface area contributed by atoms with Gasteiger partial charge in [-0.25, -0.2) is 4.79 Å². The Balaban J connectivity index is 3.86. The Morgan fingerprint density at radius 2 is 2.00 bits per heavy atom. The molecule has 16 heavy (non-hydrogen) atoms. The second-order valence-corrected chi connectivity index (χ2v) is 3.06. The Kier molecular flexibility index (Phi) is 7.28. The van der Waals surface area contributed by atoms with E-state index in [-0.39, 0.29) is 19.0 Å². The van der Waals surface area contributed by atoms with Crippen LogP contribution in [0.5, 0.6) is 0 Å². The first-order valence-electron chi connectivity index (χ1n) is 4.70. The average Bonchev–Trinajstić information content (AvgIpc) is 2.26. The number of carbonyl (C=O) groups is 3. The van der Waals surface area contributed by atoms with E-state index in [9.17, 15) is 14.4 Å². The summed E-state index contributed by atoms with van der Waals surface area (Å²) in [5.74, 6) is -2.07. The van der Waals surface area contributed by atoms with Crippen LogP contribution in [0.15, 0.2) is 0 Å². The summed E-state index contributed by atoms with van der Waals surface area (Å²) in [6.45, 7) is 2.92. The second-order valence-electron chi connectivity index (χ2n) is 2.79. The highest BCUT2D eigenvalue weighted by atomic mass is 35.5. The van der Waals surface area contributed by atoms with Gasteiger partial charge in [-0.3, -0.25) is 9.59 Å². The van der Waals surface area contributed by atoms with E-state index in [2.05, 4.69) is 14.8 Å². The molecule has 0 radical (unpaired) electrons. The van der Waals surface area contributed by atoms with E-state index in [1.165, 1.54) is 6.92 Å². The average molecular weight is 252 g/mol. The van der Waals surface area contributed by atoms with E-state index < -0.39 is 23.9 Å². The summed E-state index contributed by atoms with van der Waals surface area (Å²) in [6.07, 6.45) is -0.986. The van der Waals surface area contributed by atoms with Gasteiger partial charge in [0.15, 0.2) is 6.10 Å². The minimum absolute atomic E-state index is 0.212. The lowest BCUT2D eigenvalue weighted by molar-refractivity contribution is -0.165. The molecule has 0 bridgehead atoms. The molecule has 0 saturated heterocycles. The highest BCUT2D eigenvalue weighted by Crippen LogP contribution is 1.95. The van der Waals surface area contributed by atoms with Crippen LogP contribution in [0.25, 0.3) is 0 Å². The SMILES string of the molecule is CCOC(=O)[C@H](C)OC(=O)CNC(=O)CCl.